The van der Waals surface area contributed by atoms with E-state index in [2.05, 4.69) is 9.97 Å². The van der Waals surface area contributed by atoms with E-state index in [9.17, 15) is 9.59 Å². The number of nitrogens with two attached hydrogens (primary N) is 1. The van der Waals surface area contributed by atoms with Gasteiger partial charge < -0.3 is 29.2 Å². The number of anilines is 1. The van der Waals surface area contributed by atoms with Gasteiger partial charge in [-0.2, -0.15) is 9.97 Å². The molecule has 2 N–H and O–H groups in total. The Kier molecular flexibility index (Phi) is 6.90. The Morgan fingerprint density at radius 3 is 2.55 bits per heavy atom. The number of fused-ring (bicyclic) bond motifs is 1. The van der Waals surface area contributed by atoms with Crippen LogP contribution in [0.15, 0.2) is 6.20 Å². The van der Waals surface area contributed by atoms with E-state index in [1.165, 1.54) is 7.11 Å². The van der Waals surface area contributed by atoms with Crippen LogP contribution in [-0.2, 0) is 23.8 Å². The zero-order valence-corrected chi connectivity index (χ0v) is 18.9. The predicted octanol–water partition coefficient (Wildman–Crippen LogP) is 2.73. The molecular weight excluding hydrogens is 428 g/mol. The molecule has 1 aliphatic heterocycles. The Morgan fingerprint density at radius 1 is 1.26 bits per heavy atom. The highest BCUT2D eigenvalue weighted by molar-refractivity contribution is 6.36. The molecule has 2 aromatic heterocycles. The predicted molar refractivity (Wildman–Crippen MR) is 113 cm³/mol. The molecule has 11 heteroatoms. The van der Waals surface area contributed by atoms with E-state index in [1.807, 2.05) is 0 Å². The lowest BCUT2D eigenvalue weighted by molar-refractivity contribution is -0.162. The average molecular weight is 455 g/mol. The summed E-state index contributed by atoms with van der Waals surface area (Å²) in [4.78, 5) is 32.5. The van der Waals surface area contributed by atoms with Crippen molar-refractivity contribution < 1.29 is 28.5 Å². The van der Waals surface area contributed by atoms with Crippen LogP contribution in [-0.4, -0.2) is 52.4 Å². The number of carbonyl (C=O) groups excluding carboxylic acids is 2. The van der Waals surface area contributed by atoms with Gasteiger partial charge in [-0.1, -0.05) is 39.3 Å². The van der Waals surface area contributed by atoms with E-state index >= 15 is 0 Å². The van der Waals surface area contributed by atoms with Crippen LogP contribution in [0.2, 0.25) is 5.02 Å². The summed E-state index contributed by atoms with van der Waals surface area (Å²) in [6.45, 7) is 6.92. The molecule has 0 aliphatic carbocycles. The summed E-state index contributed by atoms with van der Waals surface area (Å²) in [5.41, 5.74) is 6.24. The minimum absolute atomic E-state index is 0.0172. The van der Waals surface area contributed by atoms with Gasteiger partial charge in [-0.05, 0) is 0 Å². The van der Waals surface area contributed by atoms with Crippen molar-refractivity contribution >= 4 is 40.5 Å². The maximum atomic E-state index is 12.2. The van der Waals surface area contributed by atoms with Crippen molar-refractivity contribution in [2.24, 2.45) is 11.8 Å². The van der Waals surface area contributed by atoms with Crippen LogP contribution in [0.4, 0.5) is 5.95 Å². The summed E-state index contributed by atoms with van der Waals surface area (Å²) in [7, 11) is 1.46. The topological polar surface area (TPSA) is 128 Å². The first-order valence-corrected chi connectivity index (χ1v) is 10.4. The molecule has 31 heavy (non-hydrogen) atoms. The van der Waals surface area contributed by atoms with Gasteiger partial charge in [0.25, 0.3) is 0 Å². The highest BCUT2D eigenvalue weighted by atomic mass is 35.5. The minimum atomic E-state index is -0.646. The Balaban J connectivity index is 1.90. The summed E-state index contributed by atoms with van der Waals surface area (Å²) in [5.74, 6) is -1.05. The summed E-state index contributed by atoms with van der Waals surface area (Å²) < 4.78 is 24.1. The standard InChI is InChI=1S/C20H27ClN4O6/c1-9(2)18(26)29-8-13-12(31-19(27)10(3)4)6-14(30-13)25-7-11(21)15-16(25)23-20(22)24-17(15)28-5/h7,9-10,12-14H,6,8H2,1-5H3,(H2,22,23,24)/t12-,13+,14-/m0/s1. The third-order valence-electron chi connectivity index (χ3n) is 4.89. The van der Waals surface area contributed by atoms with Crippen molar-refractivity contribution in [3.63, 3.8) is 0 Å². The molecule has 1 fully saturated rings. The number of hydrogen-bond donors (Lipinski definition) is 1. The van der Waals surface area contributed by atoms with Gasteiger partial charge in [0, 0.05) is 12.6 Å². The number of hydrogen-bond acceptors (Lipinski definition) is 9. The summed E-state index contributed by atoms with van der Waals surface area (Å²) in [6, 6.07) is 0. The fourth-order valence-corrected chi connectivity index (χ4v) is 3.49. The molecule has 1 aliphatic rings. The number of nitrogens with zero attached hydrogens (tertiary/aromatic N) is 3. The second-order valence-electron chi connectivity index (χ2n) is 7.95. The molecule has 0 saturated carbocycles. The fourth-order valence-electron chi connectivity index (χ4n) is 3.22. The van der Waals surface area contributed by atoms with E-state index < -0.39 is 18.4 Å². The van der Waals surface area contributed by atoms with E-state index in [-0.39, 0.29) is 42.2 Å². The molecule has 0 radical (unpaired) electrons. The average Bonchev–Trinajstić information content (AvgIpc) is 3.25. The molecule has 3 rings (SSSR count). The third-order valence-corrected chi connectivity index (χ3v) is 5.18. The van der Waals surface area contributed by atoms with Crippen LogP contribution in [0.25, 0.3) is 11.0 Å². The number of halogens is 1. The van der Waals surface area contributed by atoms with E-state index in [0.717, 1.165) is 0 Å². The number of nitrogen functional groups attached to an aromatic ring is 1. The van der Waals surface area contributed by atoms with Crippen molar-refractivity contribution in [3.05, 3.63) is 11.2 Å². The first kappa shape index (κ1) is 23.1. The van der Waals surface area contributed by atoms with Gasteiger partial charge in [-0.25, -0.2) is 0 Å². The zero-order chi connectivity index (χ0) is 22.9. The van der Waals surface area contributed by atoms with Gasteiger partial charge in [0.1, 0.15) is 25.0 Å². The van der Waals surface area contributed by atoms with Crippen molar-refractivity contribution in [3.8, 4) is 5.88 Å². The zero-order valence-electron chi connectivity index (χ0n) is 18.1. The van der Waals surface area contributed by atoms with Crippen molar-refractivity contribution in [2.45, 2.75) is 52.6 Å². The summed E-state index contributed by atoms with van der Waals surface area (Å²) in [6.07, 6.45) is 0.109. The maximum Gasteiger partial charge on any atom is 0.308 e. The number of methoxy groups -OCH3 is 1. The number of carbonyl (C=O) groups is 2. The SMILES string of the molecule is COc1nc(N)nc2c1c(Cl)cn2[C@@H]1C[C@H](OC(=O)C(C)C)[C@@H](COC(=O)C(C)C)O1. The molecule has 2 aromatic rings. The van der Waals surface area contributed by atoms with E-state index in [0.29, 0.717) is 22.5 Å². The van der Waals surface area contributed by atoms with Crippen molar-refractivity contribution in [1.82, 2.24) is 14.5 Å². The Hall–Kier alpha value is -2.59. The van der Waals surface area contributed by atoms with E-state index in [1.54, 1.807) is 38.5 Å². The van der Waals surface area contributed by atoms with Gasteiger partial charge in [-0.15, -0.1) is 0 Å². The Bertz CT molecular complexity index is 976. The lowest BCUT2D eigenvalue weighted by Crippen LogP contribution is -2.33. The van der Waals surface area contributed by atoms with Gasteiger partial charge in [-0.3, -0.25) is 9.59 Å². The highest BCUT2D eigenvalue weighted by Gasteiger charge is 2.41. The molecule has 0 amide bonds. The number of rotatable bonds is 7. The first-order valence-electron chi connectivity index (χ1n) is 10.0. The first-order chi connectivity index (χ1) is 14.6. The van der Waals surface area contributed by atoms with Crippen LogP contribution in [0.3, 0.4) is 0 Å². The Labute approximate surface area is 184 Å². The third kappa shape index (κ3) is 4.85. The van der Waals surface area contributed by atoms with Crippen LogP contribution >= 0.6 is 11.6 Å². The normalized spacial score (nSPS) is 21.1. The molecule has 3 heterocycles. The van der Waals surface area contributed by atoms with E-state index in [4.69, 9.17) is 36.3 Å². The molecule has 1 saturated heterocycles. The monoisotopic (exact) mass is 454 g/mol. The quantitative estimate of drug-likeness (QED) is 0.627. The molecule has 10 nitrogen and oxygen atoms in total. The number of ether oxygens (including phenoxy) is 4. The lowest BCUT2D eigenvalue weighted by Gasteiger charge is -2.20. The molecule has 0 unspecified atom stereocenters. The molecule has 0 bridgehead atoms. The lowest BCUT2D eigenvalue weighted by atomic mass is 10.1. The largest absolute Gasteiger partial charge is 0.480 e. The summed E-state index contributed by atoms with van der Waals surface area (Å²) >= 11 is 6.40. The van der Waals surface area contributed by atoms with Crippen LogP contribution in [0, 0.1) is 11.8 Å². The number of aromatic nitrogens is 3. The smallest absolute Gasteiger partial charge is 0.308 e. The highest BCUT2D eigenvalue weighted by Crippen LogP contribution is 2.38. The number of esters is 2. The van der Waals surface area contributed by atoms with Gasteiger partial charge in [0.15, 0.2) is 5.65 Å². The van der Waals surface area contributed by atoms with Crippen molar-refractivity contribution in [1.29, 1.82) is 0 Å². The van der Waals surface area contributed by atoms with Gasteiger partial charge in [0.2, 0.25) is 11.8 Å². The van der Waals surface area contributed by atoms with Crippen LogP contribution in [0.5, 0.6) is 5.88 Å². The summed E-state index contributed by atoms with van der Waals surface area (Å²) in [5, 5.41) is 0.855. The molecule has 3 atom stereocenters. The maximum absolute atomic E-state index is 12.2. The van der Waals surface area contributed by atoms with Gasteiger partial charge in [0.05, 0.1) is 29.4 Å². The molecule has 0 spiro atoms. The van der Waals surface area contributed by atoms with Crippen LogP contribution < -0.4 is 10.5 Å². The fraction of sp³-hybridized carbons (Fsp3) is 0.600. The Morgan fingerprint density at radius 2 is 1.94 bits per heavy atom. The second kappa shape index (κ2) is 9.27. The van der Waals surface area contributed by atoms with Crippen molar-refractivity contribution in [2.75, 3.05) is 19.5 Å². The van der Waals surface area contributed by atoms with Gasteiger partial charge >= 0.3 is 11.9 Å². The molecular formula is C20H27ClN4O6. The minimum Gasteiger partial charge on any atom is -0.480 e. The van der Waals surface area contributed by atoms with Crippen LogP contribution in [0.1, 0.15) is 40.3 Å². The second-order valence-corrected chi connectivity index (χ2v) is 8.36. The molecule has 0 aromatic carbocycles. The molecule has 170 valence electrons.